The standard InChI is InChI=1S/C13H10BrNO2S/c1-8(16)9-3-2-4-11(5-9)15-13(17)10-6-12(14)18-7-10/h2-7H,1H3,(H,15,17). The van der Waals surface area contributed by atoms with Crippen LogP contribution in [0.1, 0.15) is 27.6 Å². The van der Waals surface area contributed by atoms with E-state index in [0.717, 1.165) is 3.79 Å². The Morgan fingerprint density at radius 3 is 2.61 bits per heavy atom. The van der Waals surface area contributed by atoms with Crippen molar-refractivity contribution < 1.29 is 9.59 Å². The molecule has 1 heterocycles. The molecule has 0 unspecified atom stereocenters. The number of rotatable bonds is 3. The molecule has 0 fully saturated rings. The van der Waals surface area contributed by atoms with Crippen molar-refractivity contribution in [2.24, 2.45) is 0 Å². The predicted octanol–water partition coefficient (Wildman–Crippen LogP) is 3.97. The second-order valence-electron chi connectivity index (χ2n) is 3.73. The molecule has 5 heteroatoms. The Kier molecular flexibility index (Phi) is 3.93. The van der Waals surface area contributed by atoms with Gasteiger partial charge in [-0.2, -0.15) is 0 Å². The van der Waals surface area contributed by atoms with Crippen molar-refractivity contribution in [3.63, 3.8) is 0 Å². The van der Waals surface area contributed by atoms with Gasteiger partial charge < -0.3 is 5.32 Å². The van der Waals surface area contributed by atoms with Crippen LogP contribution in [0.2, 0.25) is 0 Å². The van der Waals surface area contributed by atoms with Gasteiger partial charge in [0.1, 0.15) is 0 Å². The SMILES string of the molecule is CC(=O)c1cccc(NC(=O)c2csc(Br)c2)c1. The summed E-state index contributed by atoms with van der Waals surface area (Å²) in [7, 11) is 0. The van der Waals surface area contributed by atoms with E-state index >= 15 is 0 Å². The van der Waals surface area contributed by atoms with Crippen LogP contribution in [0.5, 0.6) is 0 Å². The van der Waals surface area contributed by atoms with Crippen LogP contribution < -0.4 is 5.32 Å². The number of nitrogens with one attached hydrogen (secondary N) is 1. The molecule has 0 aliphatic carbocycles. The number of halogens is 1. The third kappa shape index (κ3) is 3.05. The Morgan fingerprint density at radius 2 is 2.00 bits per heavy atom. The number of benzene rings is 1. The maximum Gasteiger partial charge on any atom is 0.256 e. The summed E-state index contributed by atoms with van der Waals surface area (Å²) in [6.07, 6.45) is 0. The van der Waals surface area contributed by atoms with Crippen LogP contribution in [0.3, 0.4) is 0 Å². The van der Waals surface area contributed by atoms with E-state index in [0.29, 0.717) is 16.8 Å². The lowest BCUT2D eigenvalue weighted by molar-refractivity contribution is 0.101. The number of amides is 1. The average Bonchev–Trinajstić information content (AvgIpc) is 2.76. The highest BCUT2D eigenvalue weighted by Crippen LogP contribution is 2.21. The van der Waals surface area contributed by atoms with Crippen molar-refractivity contribution in [2.45, 2.75) is 6.92 Å². The van der Waals surface area contributed by atoms with Gasteiger partial charge in [-0.05, 0) is 41.1 Å². The van der Waals surface area contributed by atoms with Gasteiger partial charge in [-0.25, -0.2) is 0 Å². The minimum absolute atomic E-state index is 0.0237. The van der Waals surface area contributed by atoms with Gasteiger partial charge in [-0.1, -0.05) is 12.1 Å². The molecular weight excluding hydrogens is 314 g/mol. The number of anilines is 1. The van der Waals surface area contributed by atoms with Gasteiger partial charge in [0.05, 0.1) is 9.35 Å². The molecule has 0 aliphatic heterocycles. The fourth-order valence-corrected chi connectivity index (χ4v) is 2.58. The molecule has 0 spiro atoms. The molecule has 0 saturated carbocycles. The van der Waals surface area contributed by atoms with Crippen LogP contribution in [-0.2, 0) is 0 Å². The summed E-state index contributed by atoms with van der Waals surface area (Å²) in [4.78, 5) is 23.1. The zero-order valence-corrected chi connectivity index (χ0v) is 12.0. The van der Waals surface area contributed by atoms with Crippen molar-refractivity contribution in [1.82, 2.24) is 0 Å². The van der Waals surface area contributed by atoms with E-state index in [1.807, 2.05) is 0 Å². The molecule has 92 valence electrons. The molecule has 0 atom stereocenters. The lowest BCUT2D eigenvalue weighted by Gasteiger charge is -2.04. The Bertz CT molecular complexity index is 607. The van der Waals surface area contributed by atoms with Gasteiger partial charge in [0.15, 0.2) is 5.78 Å². The summed E-state index contributed by atoms with van der Waals surface area (Å²) >= 11 is 4.76. The van der Waals surface area contributed by atoms with E-state index in [-0.39, 0.29) is 11.7 Å². The lowest BCUT2D eigenvalue weighted by Crippen LogP contribution is -2.11. The first-order chi connectivity index (χ1) is 8.56. The number of carbonyl (C=O) groups excluding carboxylic acids is 2. The van der Waals surface area contributed by atoms with E-state index in [4.69, 9.17) is 0 Å². The molecule has 1 aromatic carbocycles. The van der Waals surface area contributed by atoms with Gasteiger partial charge >= 0.3 is 0 Å². The summed E-state index contributed by atoms with van der Waals surface area (Å²) in [6.45, 7) is 1.50. The van der Waals surface area contributed by atoms with Crippen LogP contribution in [-0.4, -0.2) is 11.7 Å². The minimum Gasteiger partial charge on any atom is -0.322 e. The Hall–Kier alpha value is -1.46. The fraction of sp³-hybridized carbons (Fsp3) is 0.0769. The lowest BCUT2D eigenvalue weighted by atomic mass is 10.1. The number of hydrogen-bond acceptors (Lipinski definition) is 3. The molecule has 3 nitrogen and oxygen atoms in total. The number of ketones is 1. The largest absolute Gasteiger partial charge is 0.322 e. The van der Waals surface area contributed by atoms with Crippen LogP contribution in [0.15, 0.2) is 39.5 Å². The molecule has 1 N–H and O–H groups in total. The van der Waals surface area contributed by atoms with Crippen molar-refractivity contribution in [3.05, 3.63) is 50.6 Å². The summed E-state index contributed by atoms with van der Waals surface area (Å²) in [5.74, 6) is -0.206. The maximum absolute atomic E-state index is 11.9. The third-order valence-corrected chi connectivity index (χ3v) is 3.86. The van der Waals surface area contributed by atoms with E-state index in [1.165, 1.54) is 18.3 Å². The molecule has 1 aromatic heterocycles. The highest BCUT2D eigenvalue weighted by atomic mass is 79.9. The summed E-state index contributed by atoms with van der Waals surface area (Å²) < 4.78 is 0.908. The van der Waals surface area contributed by atoms with E-state index in [9.17, 15) is 9.59 Å². The second kappa shape index (κ2) is 5.46. The van der Waals surface area contributed by atoms with Crippen molar-refractivity contribution >= 4 is 44.6 Å². The Morgan fingerprint density at radius 1 is 1.22 bits per heavy atom. The van der Waals surface area contributed by atoms with Crippen LogP contribution in [0.4, 0.5) is 5.69 Å². The summed E-state index contributed by atoms with van der Waals surface area (Å²) in [5, 5.41) is 4.53. The zero-order chi connectivity index (χ0) is 13.1. The van der Waals surface area contributed by atoms with Gasteiger partial charge in [0, 0.05) is 16.6 Å². The van der Waals surface area contributed by atoms with Gasteiger partial charge in [0.2, 0.25) is 0 Å². The fourth-order valence-electron chi connectivity index (χ4n) is 1.45. The minimum atomic E-state index is -0.183. The number of carbonyl (C=O) groups is 2. The third-order valence-electron chi connectivity index (χ3n) is 2.36. The van der Waals surface area contributed by atoms with Crippen LogP contribution in [0.25, 0.3) is 0 Å². The molecule has 18 heavy (non-hydrogen) atoms. The number of thiophene rings is 1. The van der Waals surface area contributed by atoms with Crippen molar-refractivity contribution in [2.75, 3.05) is 5.32 Å². The maximum atomic E-state index is 11.9. The first-order valence-corrected chi connectivity index (χ1v) is 6.90. The first kappa shape index (κ1) is 13.0. The van der Waals surface area contributed by atoms with Gasteiger partial charge in [-0.3, -0.25) is 9.59 Å². The highest BCUT2D eigenvalue weighted by Gasteiger charge is 2.09. The van der Waals surface area contributed by atoms with E-state index in [2.05, 4.69) is 21.2 Å². The summed E-state index contributed by atoms with van der Waals surface area (Å²) in [5.41, 5.74) is 1.80. The predicted molar refractivity (Wildman–Crippen MR) is 76.4 cm³/mol. The van der Waals surface area contributed by atoms with Crippen LogP contribution >= 0.6 is 27.3 Å². The zero-order valence-electron chi connectivity index (χ0n) is 9.57. The molecular formula is C13H10BrNO2S. The molecule has 0 radical (unpaired) electrons. The number of Topliss-reactive ketones (excluding diaryl/α,β-unsaturated/α-hetero) is 1. The topological polar surface area (TPSA) is 46.2 Å². The average molecular weight is 324 g/mol. The normalized spacial score (nSPS) is 10.1. The monoisotopic (exact) mass is 323 g/mol. The van der Waals surface area contributed by atoms with Crippen LogP contribution in [0, 0.1) is 0 Å². The van der Waals surface area contributed by atoms with Gasteiger partial charge in [0.25, 0.3) is 5.91 Å². The van der Waals surface area contributed by atoms with E-state index < -0.39 is 0 Å². The second-order valence-corrected chi connectivity index (χ2v) is 6.02. The smallest absolute Gasteiger partial charge is 0.256 e. The van der Waals surface area contributed by atoms with E-state index in [1.54, 1.807) is 35.7 Å². The first-order valence-electron chi connectivity index (χ1n) is 5.22. The molecule has 0 bridgehead atoms. The van der Waals surface area contributed by atoms with Crippen molar-refractivity contribution in [1.29, 1.82) is 0 Å². The molecule has 2 rings (SSSR count). The summed E-state index contributed by atoms with van der Waals surface area (Å²) in [6, 6.07) is 8.65. The number of hydrogen-bond donors (Lipinski definition) is 1. The Labute approximate surface area is 117 Å². The van der Waals surface area contributed by atoms with Crippen molar-refractivity contribution in [3.8, 4) is 0 Å². The molecule has 1 amide bonds. The Balaban J connectivity index is 2.16. The molecule has 0 saturated heterocycles. The molecule has 0 aliphatic rings. The molecule has 2 aromatic rings. The van der Waals surface area contributed by atoms with Gasteiger partial charge in [-0.15, -0.1) is 11.3 Å². The quantitative estimate of drug-likeness (QED) is 0.869. The highest BCUT2D eigenvalue weighted by molar-refractivity contribution is 9.11.